The van der Waals surface area contributed by atoms with E-state index in [0.717, 1.165) is 51.5 Å². The molecule has 3 aromatic rings. The summed E-state index contributed by atoms with van der Waals surface area (Å²) in [6.07, 6.45) is 1.40. The minimum atomic E-state index is -0.0980. The second kappa shape index (κ2) is 10.5. The Kier molecular flexibility index (Phi) is 7.00. The first kappa shape index (κ1) is 22.7. The minimum Gasteiger partial charge on any atom is -0.488 e. The van der Waals surface area contributed by atoms with Crippen LogP contribution in [0.2, 0.25) is 0 Å². The Balaban J connectivity index is 1.46. The van der Waals surface area contributed by atoms with Crippen molar-refractivity contribution in [3.63, 3.8) is 0 Å². The van der Waals surface area contributed by atoms with E-state index in [2.05, 4.69) is 29.6 Å². The SMILES string of the molecule is Cc1c(OCc2ccccc2)c2c(c3c1OCO3)C(COCc1ccccc1)N[C@H](CCO)C2. The van der Waals surface area contributed by atoms with Crippen LogP contribution in [0.1, 0.15) is 40.3 Å². The topological polar surface area (TPSA) is 69.2 Å². The van der Waals surface area contributed by atoms with Gasteiger partial charge in [-0.05, 0) is 30.9 Å². The van der Waals surface area contributed by atoms with Crippen molar-refractivity contribution < 1.29 is 24.1 Å². The third-order valence-corrected chi connectivity index (χ3v) is 6.47. The van der Waals surface area contributed by atoms with Crippen LogP contribution in [0.15, 0.2) is 60.7 Å². The molecule has 0 fully saturated rings. The number of aliphatic hydroxyl groups excluding tert-OH is 1. The molecule has 0 aromatic heterocycles. The Labute approximate surface area is 200 Å². The van der Waals surface area contributed by atoms with Crippen molar-refractivity contribution in [1.82, 2.24) is 5.32 Å². The van der Waals surface area contributed by atoms with E-state index < -0.39 is 0 Å². The fraction of sp³-hybridized carbons (Fsp3) is 0.357. The van der Waals surface area contributed by atoms with Gasteiger partial charge in [-0.1, -0.05) is 60.7 Å². The van der Waals surface area contributed by atoms with Crippen LogP contribution in [-0.4, -0.2) is 31.2 Å². The Morgan fingerprint density at radius 1 is 0.941 bits per heavy atom. The first-order valence-electron chi connectivity index (χ1n) is 11.8. The summed E-state index contributed by atoms with van der Waals surface area (Å²) in [7, 11) is 0. The van der Waals surface area contributed by atoms with Crippen LogP contribution in [-0.2, 0) is 24.4 Å². The van der Waals surface area contributed by atoms with Gasteiger partial charge in [0.1, 0.15) is 12.4 Å². The predicted octanol–water partition coefficient (Wildman–Crippen LogP) is 4.46. The first-order chi connectivity index (χ1) is 16.7. The molecule has 2 atom stereocenters. The van der Waals surface area contributed by atoms with Crippen LogP contribution >= 0.6 is 0 Å². The molecule has 0 aliphatic carbocycles. The van der Waals surface area contributed by atoms with Gasteiger partial charge in [0.05, 0.1) is 19.3 Å². The summed E-state index contributed by atoms with van der Waals surface area (Å²) in [6, 6.07) is 20.3. The highest BCUT2D eigenvalue weighted by atomic mass is 16.7. The molecule has 0 spiro atoms. The largest absolute Gasteiger partial charge is 0.488 e. The van der Waals surface area contributed by atoms with Crippen LogP contribution < -0.4 is 19.5 Å². The smallest absolute Gasteiger partial charge is 0.231 e. The quantitative estimate of drug-likeness (QED) is 0.491. The van der Waals surface area contributed by atoms with E-state index >= 15 is 0 Å². The third kappa shape index (κ3) is 4.75. The minimum absolute atomic E-state index is 0.0980. The van der Waals surface area contributed by atoms with Gasteiger partial charge >= 0.3 is 0 Å². The van der Waals surface area contributed by atoms with Gasteiger partial charge in [-0.25, -0.2) is 0 Å². The van der Waals surface area contributed by atoms with E-state index in [9.17, 15) is 5.11 Å². The van der Waals surface area contributed by atoms with Gasteiger partial charge in [-0.3, -0.25) is 0 Å². The number of nitrogens with one attached hydrogen (secondary N) is 1. The lowest BCUT2D eigenvalue weighted by molar-refractivity contribution is 0.0887. The van der Waals surface area contributed by atoms with Crippen LogP contribution in [0, 0.1) is 6.92 Å². The number of rotatable bonds is 9. The van der Waals surface area contributed by atoms with Crippen molar-refractivity contribution in [2.75, 3.05) is 20.0 Å². The van der Waals surface area contributed by atoms with Gasteiger partial charge in [0.25, 0.3) is 0 Å². The fourth-order valence-electron chi connectivity index (χ4n) is 4.86. The molecule has 34 heavy (non-hydrogen) atoms. The van der Waals surface area contributed by atoms with E-state index in [-0.39, 0.29) is 25.5 Å². The molecular formula is C28H31NO5. The zero-order chi connectivity index (χ0) is 23.3. The highest BCUT2D eigenvalue weighted by Crippen LogP contribution is 2.50. The van der Waals surface area contributed by atoms with Gasteiger partial charge in [-0.2, -0.15) is 0 Å². The molecule has 2 aliphatic heterocycles. The maximum atomic E-state index is 9.66. The molecule has 1 unspecified atom stereocenters. The van der Waals surface area contributed by atoms with Crippen LogP contribution in [0.3, 0.4) is 0 Å². The Bertz CT molecular complexity index is 1100. The molecule has 5 rings (SSSR count). The number of hydrogen-bond donors (Lipinski definition) is 2. The number of ether oxygens (including phenoxy) is 4. The average Bonchev–Trinajstić information content (AvgIpc) is 3.35. The molecule has 0 saturated carbocycles. The molecule has 2 heterocycles. The number of benzene rings is 3. The van der Waals surface area contributed by atoms with E-state index in [1.54, 1.807) is 0 Å². The molecule has 6 nitrogen and oxygen atoms in total. The molecule has 0 radical (unpaired) electrons. The second-order valence-electron chi connectivity index (χ2n) is 8.82. The Hall–Kier alpha value is -3.06. The number of aliphatic hydroxyl groups is 1. The van der Waals surface area contributed by atoms with E-state index in [4.69, 9.17) is 18.9 Å². The maximum absolute atomic E-state index is 9.66. The molecular weight excluding hydrogens is 430 g/mol. The predicted molar refractivity (Wildman–Crippen MR) is 129 cm³/mol. The van der Waals surface area contributed by atoms with Gasteiger partial charge in [0.2, 0.25) is 6.79 Å². The molecule has 2 aliphatic rings. The van der Waals surface area contributed by atoms with Crippen LogP contribution in [0.5, 0.6) is 17.2 Å². The van der Waals surface area contributed by atoms with Gasteiger partial charge in [0, 0.05) is 29.3 Å². The maximum Gasteiger partial charge on any atom is 0.231 e. The zero-order valence-electron chi connectivity index (χ0n) is 19.5. The third-order valence-electron chi connectivity index (χ3n) is 6.47. The molecule has 0 bridgehead atoms. The van der Waals surface area contributed by atoms with E-state index in [1.807, 2.05) is 43.3 Å². The summed E-state index contributed by atoms with van der Waals surface area (Å²) < 4.78 is 24.4. The lowest BCUT2D eigenvalue weighted by atomic mass is 9.86. The number of fused-ring (bicyclic) bond motifs is 3. The highest BCUT2D eigenvalue weighted by Gasteiger charge is 2.37. The summed E-state index contributed by atoms with van der Waals surface area (Å²) in [5, 5.41) is 13.3. The lowest BCUT2D eigenvalue weighted by Gasteiger charge is -2.35. The fourth-order valence-corrected chi connectivity index (χ4v) is 4.86. The van der Waals surface area contributed by atoms with E-state index in [0.29, 0.717) is 26.2 Å². The molecule has 178 valence electrons. The summed E-state index contributed by atoms with van der Waals surface area (Å²) in [4.78, 5) is 0. The first-order valence-corrected chi connectivity index (χ1v) is 11.8. The van der Waals surface area contributed by atoms with Gasteiger partial charge < -0.3 is 29.4 Å². The molecule has 0 saturated heterocycles. The van der Waals surface area contributed by atoms with Gasteiger partial charge in [-0.15, -0.1) is 0 Å². The highest BCUT2D eigenvalue weighted by molar-refractivity contribution is 5.65. The van der Waals surface area contributed by atoms with Crippen molar-refractivity contribution in [1.29, 1.82) is 0 Å². The summed E-state index contributed by atoms with van der Waals surface area (Å²) in [5.41, 5.74) is 5.35. The van der Waals surface area contributed by atoms with Crippen molar-refractivity contribution in [3.8, 4) is 17.2 Å². The normalized spacial score (nSPS) is 18.5. The van der Waals surface area contributed by atoms with Crippen molar-refractivity contribution in [2.45, 2.75) is 45.1 Å². The number of hydrogen-bond acceptors (Lipinski definition) is 6. The molecule has 3 aromatic carbocycles. The molecule has 0 amide bonds. The standard InChI is InChI=1S/C28H31NO5/c1-19-26(32-16-21-10-6-3-7-11-21)23-14-22(12-13-30)29-24(25(23)28-27(19)33-18-34-28)17-31-15-20-8-4-2-5-9-20/h2-11,22,24,29-30H,12-18H2,1H3/t22-,24?/m1/s1. The molecule has 6 heteroatoms. The lowest BCUT2D eigenvalue weighted by Crippen LogP contribution is -2.42. The second-order valence-corrected chi connectivity index (χ2v) is 8.82. The van der Waals surface area contributed by atoms with Crippen LogP contribution in [0.25, 0.3) is 0 Å². The van der Waals surface area contributed by atoms with Crippen LogP contribution in [0.4, 0.5) is 0 Å². The van der Waals surface area contributed by atoms with Crippen molar-refractivity contribution in [3.05, 3.63) is 88.5 Å². The van der Waals surface area contributed by atoms with Crippen molar-refractivity contribution in [2.24, 2.45) is 0 Å². The summed E-state index contributed by atoms with van der Waals surface area (Å²) in [5.74, 6) is 2.38. The summed E-state index contributed by atoms with van der Waals surface area (Å²) in [6.45, 7) is 3.82. The molecule has 2 N–H and O–H groups in total. The Morgan fingerprint density at radius 2 is 1.62 bits per heavy atom. The van der Waals surface area contributed by atoms with Crippen molar-refractivity contribution >= 4 is 0 Å². The Morgan fingerprint density at radius 3 is 2.32 bits per heavy atom. The average molecular weight is 462 g/mol. The van der Waals surface area contributed by atoms with E-state index in [1.165, 1.54) is 0 Å². The monoisotopic (exact) mass is 461 g/mol. The zero-order valence-corrected chi connectivity index (χ0v) is 19.5. The summed E-state index contributed by atoms with van der Waals surface area (Å²) >= 11 is 0. The van der Waals surface area contributed by atoms with Gasteiger partial charge in [0.15, 0.2) is 11.5 Å².